The molecule has 1 aliphatic carbocycles. The van der Waals surface area contributed by atoms with Crippen molar-refractivity contribution in [2.45, 2.75) is 38.3 Å². The average Bonchev–Trinajstić information content (AvgIpc) is 2.84. The second-order valence-electron chi connectivity index (χ2n) is 6.23. The van der Waals surface area contributed by atoms with Gasteiger partial charge in [0.15, 0.2) is 0 Å². The molecule has 1 N–H and O–H groups in total. The summed E-state index contributed by atoms with van der Waals surface area (Å²) in [6.07, 6.45) is 6.02. The summed E-state index contributed by atoms with van der Waals surface area (Å²) in [6.45, 7) is 5.89. The summed E-state index contributed by atoms with van der Waals surface area (Å²) in [7, 11) is 0. The fourth-order valence-corrected chi connectivity index (χ4v) is 3.56. The number of benzene rings is 1. The van der Waals surface area contributed by atoms with Crippen molar-refractivity contribution in [1.29, 1.82) is 0 Å². The Hall–Kier alpha value is -1.55. The molecule has 2 aliphatic rings. The molecule has 4 heteroatoms. The van der Waals surface area contributed by atoms with Gasteiger partial charge in [0.2, 0.25) is 0 Å². The smallest absolute Gasteiger partial charge is 0.0931 e. The van der Waals surface area contributed by atoms with Crippen LogP contribution in [0.25, 0.3) is 11.0 Å². The molecule has 0 spiro atoms. The summed E-state index contributed by atoms with van der Waals surface area (Å²) in [5.74, 6) is 0. The maximum absolute atomic E-state index is 4.30. The summed E-state index contributed by atoms with van der Waals surface area (Å²) in [5, 5.41) is 0. The first kappa shape index (κ1) is 12.2. The van der Waals surface area contributed by atoms with Gasteiger partial charge in [-0.2, -0.15) is 0 Å². The Labute approximate surface area is 119 Å². The Morgan fingerprint density at radius 2 is 2.15 bits per heavy atom. The molecule has 2 heterocycles. The van der Waals surface area contributed by atoms with Crippen LogP contribution in [0.1, 0.15) is 26.2 Å². The van der Waals surface area contributed by atoms with Crippen LogP contribution >= 0.6 is 0 Å². The van der Waals surface area contributed by atoms with E-state index >= 15 is 0 Å². The highest BCUT2D eigenvalue weighted by molar-refractivity contribution is 5.79. The van der Waals surface area contributed by atoms with Crippen LogP contribution in [0.2, 0.25) is 0 Å². The number of anilines is 1. The standard InChI is InChI=1S/C16H22N4/c1-12-10-19(13-3-2-4-13)7-8-20(12)14-5-6-15-16(9-14)18-11-17-15/h5-6,9,11-13H,2-4,7-8,10H2,1H3,(H,17,18)/t12-/m1/s1. The number of hydrogen-bond acceptors (Lipinski definition) is 3. The number of aromatic amines is 1. The number of piperazine rings is 1. The zero-order valence-electron chi connectivity index (χ0n) is 12.0. The normalized spacial score (nSPS) is 25.1. The molecular formula is C16H22N4. The Morgan fingerprint density at radius 3 is 2.90 bits per heavy atom. The zero-order chi connectivity index (χ0) is 13.5. The van der Waals surface area contributed by atoms with Crippen LogP contribution in [0.15, 0.2) is 24.5 Å². The third kappa shape index (κ3) is 1.99. The van der Waals surface area contributed by atoms with Gasteiger partial charge >= 0.3 is 0 Å². The van der Waals surface area contributed by atoms with Gasteiger partial charge < -0.3 is 9.88 Å². The van der Waals surface area contributed by atoms with E-state index in [2.05, 4.69) is 44.9 Å². The number of nitrogens with one attached hydrogen (secondary N) is 1. The molecule has 1 aromatic carbocycles. The van der Waals surface area contributed by atoms with Crippen LogP contribution in [-0.2, 0) is 0 Å². The largest absolute Gasteiger partial charge is 0.366 e. The number of rotatable bonds is 2. The van der Waals surface area contributed by atoms with Crippen LogP contribution in [0.5, 0.6) is 0 Å². The SMILES string of the molecule is C[C@@H]1CN(C2CCC2)CCN1c1ccc2nc[nH]c2c1. The first-order chi connectivity index (χ1) is 9.81. The lowest BCUT2D eigenvalue weighted by Crippen LogP contribution is -2.56. The van der Waals surface area contributed by atoms with E-state index in [1.807, 2.05) is 0 Å². The Morgan fingerprint density at radius 1 is 1.25 bits per heavy atom. The van der Waals surface area contributed by atoms with E-state index in [4.69, 9.17) is 0 Å². The number of fused-ring (bicyclic) bond motifs is 1. The molecule has 4 rings (SSSR count). The van der Waals surface area contributed by atoms with E-state index in [-0.39, 0.29) is 0 Å². The molecule has 0 radical (unpaired) electrons. The van der Waals surface area contributed by atoms with Crippen LogP contribution in [0, 0.1) is 0 Å². The first-order valence-electron chi connectivity index (χ1n) is 7.75. The van der Waals surface area contributed by atoms with Gasteiger partial charge in [0.05, 0.1) is 17.4 Å². The van der Waals surface area contributed by atoms with Crippen LogP contribution in [0.3, 0.4) is 0 Å². The van der Waals surface area contributed by atoms with Gasteiger partial charge in [0, 0.05) is 37.4 Å². The minimum Gasteiger partial charge on any atom is -0.366 e. The summed E-state index contributed by atoms with van der Waals surface area (Å²) in [4.78, 5) is 12.7. The number of nitrogens with zero attached hydrogens (tertiary/aromatic N) is 3. The molecular weight excluding hydrogens is 248 g/mol. The Kier molecular flexibility index (Phi) is 2.91. The quantitative estimate of drug-likeness (QED) is 0.911. The molecule has 1 saturated heterocycles. The van der Waals surface area contributed by atoms with E-state index in [9.17, 15) is 0 Å². The summed E-state index contributed by atoms with van der Waals surface area (Å²) >= 11 is 0. The predicted octanol–water partition coefficient (Wildman–Crippen LogP) is 2.63. The summed E-state index contributed by atoms with van der Waals surface area (Å²) in [6, 6.07) is 8.02. The minimum atomic E-state index is 0.588. The van der Waals surface area contributed by atoms with Gasteiger partial charge in [0.25, 0.3) is 0 Å². The van der Waals surface area contributed by atoms with Crippen molar-refractivity contribution in [3.63, 3.8) is 0 Å². The van der Waals surface area contributed by atoms with Crippen molar-refractivity contribution >= 4 is 16.7 Å². The van der Waals surface area contributed by atoms with Crippen molar-refractivity contribution in [1.82, 2.24) is 14.9 Å². The highest BCUT2D eigenvalue weighted by Crippen LogP contribution is 2.29. The maximum atomic E-state index is 4.30. The molecule has 0 unspecified atom stereocenters. The molecule has 0 amide bonds. The van der Waals surface area contributed by atoms with Gasteiger partial charge in [-0.15, -0.1) is 0 Å². The molecule has 1 atom stereocenters. The monoisotopic (exact) mass is 270 g/mol. The molecule has 2 aromatic rings. The second kappa shape index (κ2) is 4.77. The van der Waals surface area contributed by atoms with Crippen LogP contribution in [-0.4, -0.2) is 46.6 Å². The van der Waals surface area contributed by atoms with E-state index in [1.165, 1.54) is 38.0 Å². The molecule has 4 nitrogen and oxygen atoms in total. The zero-order valence-corrected chi connectivity index (χ0v) is 12.0. The number of H-pyrrole nitrogens is 1. The van der Waals surface area contributed by atoms with Crippen molar-refractivity contribution in [2.24, 2.45) is 0 Å². The third-order valence-corrected chi connectivity index (χ3v) is 4.99. The van der Waals surface area contributed by atoms with Crippen molar-refractivity contribution in [2.75, 3.05) is 24.5 Å². The van der Waals surface area contributed by atoms with Gasteiger partial charge in [-0.3, -0.25) is 4.90 Å². The highest BCUT2D eigenvalue weighted by atomic mass is 15.3. The summed E-state index contributed by atoms with van der Waals surface area (Å²) < 4.78 is 0. The lowest BCUT2D eigenvalue weighted by Gasteiger charge is -2.46. The number of hydrogen-bond donors (Lipinski definition) is 1. The molecule has 106 valence electrons. The van der Waals surface area contributed by atoms with Crippen molar-refractivity contribution in [3.8, 4) is 0 Å². The second-order valence-corrected chi connectivity index (χ2v) is 6.23. The minimum absolute atomic E-state index is 0.588. The highest BCUT2D eigenvalue weighted by Gasteiger charge is 2.31. The van der Waals surface area contributed by atoms with Gasteiger partial charge in [-0.05, 0) is 38.0 Å². The summed E-state index contributed by atoms with van der Waals surface area (Å²) in [5.41, 5.74) is 3.51. The first-order valence-corrected chi connectivity index (χ1v) is 7.75. The van der Waals surface area contributed by atoms with Gasteiger partial charge in [-0.1, -0.05) is 6.42 Å². The number of imidazole rings is 1. The Balaban J connectivity index is 1.53. The van der Waals surface area contributed by atoms with Crippen molar-refractivity contribution in [3.05, 3.63) is 24.5 Å². The lowest BCUT2D eigenvalue weighted by atomic mass is 9.90. The molecule has 1 saturated carbocycles. The molecule has 20 heavy (non-hydrogen) atoms. The van der Waals surface area contributed by atoms with E-state index in [0.717, 1.165) is 23.6 Å². The van der Waals surface area contributed by atoms with Gasteiger partial charge in [0.1, 0.15) is 0 Å². The van der Waals surface area contributed by atoms with Crippen molar-refractivity contribution < 1.29 is 0 Å². The van der Waals surface area contributed by atoms with E-state index in [1.54, 1.807) is 6.33 Å². The van der Waals surface area contributed by atoms with Crippen LogP contribution in [0.4, 0.5) is 5.69 Å². The lowest BCUT2D eigenvalue weighted by molar-refractivity contribution is 0.106. The molecule has 1 aliphatic heterocycles. The number of aromatic nitrogens is 2. The maximum Gasteiger partial charge on any atom is 0.0931 e. The fourth-order valence-electron chi connectivity index (χ4n) is 3.56. The Bertz CT molecular complexity index is 601. The third-order valence-electron chi connectivity index (χ3n) is 4.99. The topological polar surface area (TPSA) is 35.2 Å². The van der Waals surface area contributed by atoms with Crippen LogP contribution < -0.4 is 4.90 Å². The average molecular weight is 270 g/mol. The predicted molar refractivity (Wildman–Crippen MR) is 82.1 cm³/mol. The molecule has 2 fully saturated rings. The molecule has 1 aromatic heterocycles. The van der Waals surface area contributed by atoms with E-state index in [0.29, 0.717) is 6.04 Å². The van der Waals surface area contributed by atoms with Gasteiger partial charge in [-0.25, -0.2) is 4.98 Å². The van der Waals surface area contributed by atoms with E-state index < -0.39 is 0 Å². The fraction of sp³-hybridized carbons (Fsp3) is 0.562. The molecule has 0 bridgehead atoms.